The van der Waals surface area contributed by atoms with Crippen LogP contribution in [0, 0.1) is 0 Å². The van der Waals surface area contributed by atoms with E-state index in [9.17, 15) is 18.0 Å². The normalized spacial score (nSPS) is 11.8. The highest BCUT2D eigenvalue weighted by atomic mass is 35.5. The van der Waals surface area contributed by atoms with E-state index in [2.05, 4.69) is 5.32 Å². The molecule has 0 bridgehead atoms. The van der Waals surface area contributed by atoms with Crippen LogP contribution in [0.1, 0.15) is 25.0 Å². The molecule has 2 amide bonds. The number of amides is 2. The SMILES string of the molecule is CCNC(=O)C(Cc1ccccc1)N(Cc1cccc(Cl)c1)C(=O)CN(c1ccc(OCC)cc1)S(=O)(=O)c1ccc(SC)cc1. The third-order valence-electron chi connectivity index (χ3n) is 7.23. The third-order valence-corrected chi connectivity index (χ3v) is 9.99. The van der Waals surface area contributed by atoms with Crippen molar-refractivity contribution in [2.75, 3.05) is 30.3 Å². The van der Waals surface area contributed by atoms with Gasteiger partial charge in [0.1, 0.15) is 18.3 Å². The number of halogens is 1. The zero-order valence-corrected chi connectivity index (χ0v) is 28.4. The summed E-state index contributed by atoms with van der Waals surface area (Å²) in [5, 5.41) is 3.34. The first-order chi connectivity index (χ1) is 22.2. The molecule has 0 aliphatic heterocycles. The Morgan fingerprint density at radius 3 is 2.17 bits per heavy atom. The van der Waals surface area contributed by atoms with Crippen molar-refractivity contribution in [2.24, 2.45) is 0 Å². The molecule has 0 aliphatic rings. The fourth-order valence-electron chi connectivity index (χ4n) is 4.96. The van der Waals surface area contributed by atoms with E-state index in [1.807, 2.05) is 56.5 Å². The molecular weight excluding hydrogens is 642 g/mol. The average molecular weight is 680 g/mol. The summed E-state index contributed by atoms with van der Waals surface area (Å²) < 4.78 is 35.1. The predicted octanol–water partition coefficient (Wildman–Crippen LogP) is 6.43. The van der Waals surface area contributed by atoms with Crippen molar-refractivity contribution in [3.8, 4) is 5.75 Å². The summed E-state index contributed by atoms with van der Waals surface area (Å²) in [7, 11) is -4.21. The van der Waals surface area contributed by atoms with Crippen LogP contribution in [0.2, 0.25) is 5.02 Å². The second-order valence-corrected chi connectivity index (χ2v) is 13.5. The smallest absolute Gasteiger partial charge is 0.264 e. The number of likely N-dealkylation sites (N-methyl/N-ethyl adjacent to an activating group) is 1. The van der Waals surface area contributed by atoms with Crippen molar-refractivity contribution in [2.45, 2.75) is 42.6 Å². The molecule has 46 heavy (non-hydrogen) atoms. The Balaban J connectivity index is 1.79. The van der Waals surface area contributed by atoms with Gasteiger partial charge in [0.25, 0.3) is 10.0 Å². The number of thioether (sulfide) groups is 1. The first-order valence-corrected chi connectivity index (χ1v) is 18.0. The van der Waals surface area contributed by atoms with E-state index in [0.29, 0.717) is 29.5 Å². The second-order valence-electron chi connectivity index (χ2n) is 10.4. The number of hydrogen-bond donors (Lipinski definition) is 1. The molecule has 0 aliphatic carbocycles. The number of carbonyl (C=O) groups excluding carboxylic acids is 2. The van der Waals surface area contributed by atoms with Gasteiger partial charge in [-0.25, -0.2) is 8.42 Å². The minimum absolute atomic E-state index is 0.0353. The molecule has 4 rings (SSSR count). The lowest BCUT2D eigenvalue weighted by Gasteiger charge is -2.34. The molecule has 8 nitrogen and oxygen atoms in total. The molecule has 4 aromatic rings. The van der Waals surface area contributed by atoms with Gasteiger partial charge in [-0.1, -0.05) is 54.1 Å². The molecule has 0 saturated heterocycles. The van der Waals surface area contributed by atoms with E-state index in [1.54, 1.807) is 54.6 Å². The van der Waals surface area contributed by atoms with Crippen LogP contribution in [0.4, 0.5) is 5.69 Å². The zero-order chi connectivity index (χ0) is 33.1. The highest BCUT2D eigenvalue weighted by Crippen LogP contribution is 2.28. The van der Waals surface area contributed by atoms with Crippen LogP contribution in [-0.2, 0) is 32.6 Å². The van der Waals surface area contributed by atoms with E-state index in [-0.39, 0.29) is 29.5 Å². The number of anilines is 1. The highest BCUT2D eigenvalue weighted by molar-refractivity contribution is 7.98. The Kier molecular flexibility index (Phi) is 12.5. The van der Waals surface area contributed by atoms with Crippen LogP contribution in [0.3, 0.4) is 0 Å². The van der Waals surface area contributed by atoms with Crippen molar-refractivity contribution in [1.82, 2.24) is 10.2 Å². The maximum Gasteiger partial charge on any atom is 0.264 e. The lowest BCUT2D eigenvalue weighted by Crippen LogP contribution is -2.53. The lowest BCUT2D eigenvalue weighted by molar-refractivity contribution is -0.140. The molecule has 0 spiro atoms. The first-order valence-electron chi connectivity index (χ1n) is 14.9. The van der Waals surface area contributed by atoms with Crippen molar-refractivity contribution in [1.29, 1.82) is 0 Å². The van der Waals surface area contributed by atoms with Crippen LogP contribution in [-0.4, -0.2) is 57.1 Å². The molecule has 0 radical (unpaired) electrons. The molecular formula is C35H38ClN3O5S2. The summed E-state index contributed by atoms with van der Waals surface area (Å²) in [6.07, 6.45) is 2.13. The van der Waals surface area contributed by atoms with Crippen LogP contribution < -0.4 is 14.4 Å². The zero-order valence-electron chi connectivity index (χ0n) is 26.1. The van der Waals surface area contributed by atoms with Crippen molar-refractivity contribution in [3.63, 3.8) is 0 Å². The Labute approximate surface area is 280 Å². The average Bonchev–Trinajstić information content (AvgIpc) is 3.06. The number of ether oxygens (including phenoxy) is 1. The fourth-order valence-corrected chi connectivity index (χ4v) is 6.99. The molecule has 0 saturated carbocycles. The summed E-state index contributed by atoms with van der Waals surface area (Å²) >= 11 is 7.79. The molecule has 1 unspecified atom stereocenters. The summed E-state index contributed by atoms with van der Waals surface area (Å²) in [4.78, 5) is 30.5. The van der Waals surface area contributed by atoms with Crippen molar-refractivity contribution < 1.29 is 22.7 Å². The Morgan fingerprint density at radius 1 is 0.891 bits per heavy atom. The largest absolute Gasteiger partial charge is 0.494 e. The van der Waals surface area contributed by atoms with Gasteiger partial charge < -0.3 is 15.0 Å². The summed E-state index contributed by atoms with van der Waals surface area (Å²) in [6, 6.07) is 28.6. The van der Waals surface area contributed by atoms with E-state index < -0.39 is 28.5 Å². The molecule has 0 aromatic heterocycles. The van der Waals surface area contributed by atoms with Gasteiger partial charge >= 0.3 is 0 Å². The van der Waals surface area contributed by atoms with Gasteiger partial charge in [0, 0.05) is 29.4 Å². The van der Waals surface area contributed by atoms with Gasteiger partial charge in [-0.3, -0.25) is 13.9 Å². The Morgan fingerprint density at radius 2 is 1.57 bits per heavy atom. The summed E-state index contributed by atoms with van der Waals surface area (Å²) in [6.45, 7) is 3.96. The number of benzene rings is 4. The molecule has 0 heterocycles. The molecule has 11 heteroatoms. The molecule has 242 valence electrons. The Bertz CT molecular complexity index is 1700. The fraction of sp³-hybridized carbons (Fsp3) is 0.257. The van der Waals surface area contributed by atoms with Gasteiger partial charge in [-0.2, -0.15) is 0 Å². The monoisotopic (exact) mass is 679 g/mol. The van der Waals surface area contributed by atoms with Crippen LogP contribution >= 0.6 is 23.4 Å². The van der Waals surface area contributed by atoms with Crippen molar-refractivity contribution >= 4 is 50.9 Å². The highest BCUT2D eigenvalue weighted by Gasteiger charge is 2.34. The molecule has 4 aromatic carbocycles. The maximum atomic E-state index is 14.5. The molecule has 1 N–H and O–H groups in total. The van der Waals surface area contributed by atoms with Crippen molar-refractivity contribution in [3.05, 3.63) is 119 Å². The molecule has 0 fully saturated rings. The predicted molar refractivity (Wildman–Crippen MR) is 185 cm³/mol. The maximum absolute atomic E-state index is 14.5. The lowest BCUT2D eigenvalue weighted by atomic mass is 10.0. The van der Waals surface area contributed by atoms with Gasteiger partial charge in [0.05, 0.1) is 17.2 Å². The van der Waals surface area contributed by atoms with Gasteiger partial charge in [0.2, 0.25) is 11.8 Å². The topological polar surface area (TPSA) is 96.0 Å². The number of rotatable bonds is 15. The minimum atomic E-state index is -4.21. The quantitative estimate of drug-likeness (QED) is 0.146. The first kappa shape index (κ1) is 34.9. The van der Waals surface area contributed by atoms with E-state index in [0.717, 1.165) is 14.8 Å². The van der Waals surface area contributed by atoms with Crippen LogP contribution in [0.25, 0.3) is 0 Å². The number of carbonyl (C=O) groups is 2. The van der Waals surface area contributed by atoms with Gasteiger partial charge in [-0.05, 0) is 91.9 Å². The van der Waals surface area contributed by atoms with Crippen LogP contribution in [0.15, 0.2) is 113 Å². The van der Waals surface area contributed by atoms with E-state index >= 15 is 0 Å². The summed E-state index contributed by atoms with van der Waals surface area (Å²) in [5.74, 6) is -0.323. The standard InChI is InChI=1S/C35H38ClN3O5S2/c1-4-37-35(41)33(23-26-10-7-6-8-11-26)38(24-27-12-9-13-28(36)22-27)34(40)25-39(29-14-16-30(17-15-29)44-5-2)46(42,43)32-20-18-31(45-3)19-21-32/h6-22,33H,4-5,23-25H2,1-3H3,(H,37,41). The molecule has 1 atom stereocenters. The van der Waals surface area contributed by atoms with E-state index in [1.165, 1.54) is 28.8 Å². The van der Waals surface area contributed by atoms with E-state index in [4.69, 9.17) is 16.3 Å². The third kappa shape index (κ3) is 9.05. The number of nitrogens with zero attached hydrogens (tertiary/aromatic N) is 2. The summed E-state index contributed by atoms with van der Waals surface area (Å²) in [5.41, 5.74) is 1.84. The second kappa shape index (κ2) is 16.5. The number of sulfonamides is 1. The number of nitrogens with one attached hydrogen (secondary N) is 1. The number of hydrogen-bond acceptors (Lipinski definition) is 6. The van der Waals surface area contributed by atoms with Gasteiger partial charge in [0.15, 0.2) is 0 Å². The minimum Gasteiger partial charge on any atom is -0.494 e. The van der Waals surface area contributed by atoms with Crippen LogP contribution in [0.5, 0.6) is 5.75 Å². The Hall–Kier alpha value is -3.99. The van der Waals surface area contributed by atoms with Gasteiger partial charge in [-0.15, -0.1) is 11.8 Å².